The maximum atomic E-state index is 13.9. The van der Waals surface area contributed by atoms with Gasteiger partial charge < -0.3 is 15.5 Å². The van der Waals surface area contributed by atoms with E-state index in [0.29, 0.717) is 18.8 Å². The van der Waals surface area contributed by atoms with Crippen molar-refractivity contribution in [3.05, 3.63) is 59.2 Å². The molecular weight excluding hydrogens is 382 g/mol. The predicted molar refractivity (Wildman–Crippen MR) is 99.7 cm³/mol. The van der Waals surface area contributed by atoms with Gasteiger partial charge in [-0.1, -0.05) is 6.07 Å². The fourth-order valence-electron chi connectivity index (χ4n) is 4.31. The number of hydrogen-bond donors (Lipinski definition) is 3. The number of urea groups is 1. The summed E-state index contributed by atoms with van der Waals surface area (Å²) in [6.45, 7) is 1.13. The molecule has 1 saturated carbocycles. The Morgan fingerprint density at radius 2 is 1.83 bits per heavy atom. The van der Waals surface area contributed by atoms with E-state index in [4.69, 9.17) is 0 Å². The predicted octanol–water partition coefficient (Wildman–Crippen LogP) is 2.10. The third kappa shape index (κ3) is 2.89. The van der Waals surface area contributed by atoms with Gasteiger partial charge in [0.2, 0.25) is 0 Å². The summed E-state index contributed by atoms with van der Waals surface area (Å²) in [6, 6.07) is 7.66. The van der Waals surface area contributed by atoms with E-state index in [-0.39, 0.29) is 34.7 Å². The van der Waals surface area contributed by atoms with Gasteiger partial charge in [-0.15, -0.1) is 0 Å². The molecule has 1 aliphatic carbocycles. The zero-order valence-electron chi connectivity index (χ0n) is 15.0. The Balaban J connectivity index is 1.21. The first kappa shape index (κ1) is 17.6. The number of anilines is 2. The lowest BCUT2D eigenvalue weighted by Gasteiger charge is -2.23. The molecule has 0 aromatic heterocycles. The molecule has 2 unspecified atom stereocenters. The van der Waals surface area contributed by atoms with E-state index in [9.17, 15) is 23.2 Å². The molecule has 0 radical (unpaired) electrons. The zero-order valence-corrected chi connectivity index (χ0v) is 15.0. The molecule has 5 rings (SSSR count). The van der Waals surface area contributed by atoms with Gasteiger partial charge in [-0.05, 0) is 24.3 Å². The van der Waals surface area contributed by atoms with Crippen LogP contribution in [0, 0.1) is 23.5 Å². The van der Waals surface area contributed by atoms with Crippen LogP contribution in [-0.4, -0.2) is 37.0 Å². The van der Waals surface area contributed by atoms with Crippen LogP contribution < -0.4 is 20.9 Å². The molecule has 9 heteroatoms. The lowest BCUT2D eigenvalue weighted by Crippen LogP contribution is -2.37. The van der Waals surface area contributed by atoms with Crippen LogP contribution >= 0.6 is 0 Å². The van der Waals surface area contributed by atoms with Crippen molar-refractivity contribution < 1.29 is 23.2 Å². The first-order valence-corrected chi connectivity index (χ1v) is 9.18. The van der Waals surface area contributed by atoms with Gasteiger partial charge in [0.1, 0.15) is 11.6 Å². The summed E-state index contributed by atoms with van der Waals surface area (Å²) >= 11 is 0. The molecule has 3 aliphatic rings. The van der Waals surface area contributed by atoms with E-state index in [2.05, 4.69) is 16.0 Å². The Morgan fingerprint density at radius 3 is 2.55 bits per heavy atom. The molecule has 2 fully saturated rings. The SMILES string of the molecule is O=C(Nc1cccc2c1C(=O)NC2=O)NC1C2CN(c3ccc(F)cc3F)CC21. The van der Waals surface area contributed by atoms with Gasteiger partial charge in [0, 0.05) is 37.0 Å². The highest BCUT2D eigenvalue weighted by Crippen LogP contribution is 2.47. The summed E-state index contributed by atoms with van der Waals surface area (Å²) in [5.41, 5.74) is 1.01. The number of benzene rings is 2. The van der Waals surface area contributed by atoms with Crippen molar-refractivity contribution in [2.24, 2.45) is 11.8 Å². The van der Waals surface area contributed by atoms with Crippen LogP contribution in [0.1, 0.15) is 20.7 Å². The Labute approximate surface area is 164 Å². The van der Waals surface area contributed by atoms with E-state index >= 15 is 0 Å². The summed E-state index contributed by atoms with van der Waals surface area (Å²) in [5.74, 6) is -1.89. The highest BCUT2D eigenvalue weighted by molar-refractivity contribution is 6.24. The zero-order chi connectivity index (χ0) is 20.3. The summed E-state index contributed by atoms with van der Waals surface area (Å²) in [7, 11) is 0. The minimum absolute atomic E-state index is 0.0537. The smallest absolute Gasteiger partial charge is 0.319 e. The van der Waals surface area contributed by atoms with E-state index < -0.39 is 29.5 Å². The molecule has 2 aromatic carbocycles. The van der Waals surface area contributed by atoms with Crippen LogP contribution in [0.5, 0.6) is 0 Å². The fourth-order valence-corrected chi connectivity index (χ4v) is 4.31. The molecule has 0 bridgehead atoms. The minimum Gasteiger partial charge on any atom is -0.368 e. The minimum atomic E-state index is -0.616. The number of piperidine rings is 1. The van der Waals surface area contributed by atoms with Crippen LogP contribution in [0.2, 0.25) is 0 Å². The Hall–Kier alpha value is -3.49. The molecule has 2 aromatic rings. The Kier molecular flexibility index (Phi) is 3.80. The largest absolute Gasteiger partial charge is 0.368 e. The second-order valence-corrected chi connectivity index (χ2v) is 7.46. The van der Waals surface area contributed by atoms with E-state index in [1.54, 1.807) is 12.1 Å². The van der Waals surface area contributed by atoms with Gasteiger partial charge >= 0.3 is 6.03 Å². The number of nitrogens with one attached hydrogen (secondary N) is 3. The molecule has 148 valence electrons. The van der Waals surface area contributed by atoms with Gasteiger partial charge in [-0.25, -0.2) is 13.6 Å². The molecule has 2 aliphatic heterocycles. The van der Waals surface area contributed by atoms with Crippen LogP contribution in [0.3, 0.4) is 0 Å². The van der Waals surface area contributed by atoms with Crippen molar-refractivity contribution in [3.8, 4) is 0 Å². The summed E-state index contributed by atoms with van der Waals surface area (Å²) in [4.78, 5) is 37.9. The van der Waals surface area contributed by atoms with Gasteiger partial charge in [0.25, 0.3) is 11.8 Å². The normalized spacial score (nSPS) is 24.1. The maximum absolute atomic E-state index is 13.9. The summed E-state index contributed by atoms with van der Waals surface area (Å²) in [6.07, 6.45) is 0. The lowest BCUT2D eigenvalue weighted by atomic mass is 10.1. The molecule has 1 saturated heterocycles. The monoisotopic (exact) mass is 398 g/mol. The van der Waals surface area contributed by atoms with Crippen LogP contribution in [0.4, 0.5) is 25.0 Å². The molecule has 29 heavy (non-hydrogen) atoms. The number of carbonyl (C=O) groups is 3. The topological polar surface area (TPSA) is 90.5 Å². The number of halogens is 2. The molecule has 2 heterocycles. The quantitative estimate of drug-likeness (QED) is 0.691. The summed E-state index contributed by atoms with van der Waals surface area (Å²) in [5, 5.41) is 7.70. The van der Waals surface area contributed by atoms with Crippen molar-refractivity contribution in [2.45, 2.75) is 6.04 Å². The lowest BCUT2D eigenvalue weighted by molar-refractivity contribution is 0.0880. The molecular formula is C20H16F2N4O3. The van der Waals surface area contributed by atoms with Crippen LogP contribution in [-0.2, 0) is 0 Å². The first-order chi connectivity index (χ1) is 13.9. The Morgan fingerprint density at radius 1 is 1.07 bits per heavy atom. The van der Waals surface area contributed by atoms with Gasteiger partial charge in [-0.3, -0.25) is 14.9 Å². The highest BCUT2D eigenvalue weighted by Gasteiger charge is 2.56. The van der Waals surface area contributed by atoms with E-state index in [0.717, 1.165) is 6.07 Å². The third-order valence-corrected chi connectivity index (χ3v) is 5.75. The van der Waals surface area contributed by atoms with Crippen molar-refractivity contribution in [2.75, 3.05) is 23.3 Å². The number of amides is 4. The fraction of sp³-hybridized carbons (Fsp3) is 0.250. The van der Waals surface area contributed by atoms with Gasteiger partial charge in [-0.2, -0.15) is 0 Å². The number of nitrogens with zero attached hydrogens (tertiary/aromatic N) is 1. The van der Waals surface area contributed by atoms with Crippen LogP contribution in [0.15, 0.2) is 36.4 Å². The van der Waals surface area contributed by atoms with E-state index in [1.165, 1.54) is 18.2 Å². The van der Waals surface area contributed by atoms with Crippen molar-refractivity contribution in [3.63, 3.8) is 0 Å². The van der Waals surface area contributed by atoms with E-state index in [1.807, 2.05) is 4.90 Å². The van der Waals surface area contributed by atoms with Crippen molar-refractivity contribution in [1.82, 2.24) is 10.6 Å². The van der Waals surface area contributed by atoms with Crippen molar-refractivity contribution in [1.29, 1.82) is 0 Å². The Bertz CT molecular complexity index is 1060. The second-order valence-electron chi connectivity index (χ2n) is 7.46. The standard InChI is InChI=1S/C20H16F2N4O3/c21-9-4-5-15(13(22)6-9)26-7-11-12(8-26)17(11)24-20(29)23-14-3-1-2-10-16(14)19(28)25-18(10)27/h1-6,11-12,17H,7-8H2,(H2,23,24,29)(H,25,27,28). The molecule has 4 amide bonds. The maximum Gasteiger partial charge on any atom is 0.319 e. The third-order valence-electron chi connectivity index (χ3n) is 5.75. The second kappa shape index (κ2) is 6.26. The number of carbonyl (C=O) groups excluding carboxylic acids is 3. The molecule has 7 nitrogen and oxygen atoms in total. The molecule has 0 spiro atoms. The van der Waals surface area contributed by atoms with Crippen molar-refractivity contribution >= 4 is 29.2 Å². The first-order valence-electron chi connectivity index (χ1n) is 9.18. The number of fused-ring (bicyclic) bond motifs is 2. The number of hydrogen-bond acceptors (Lipinski definition) is 4. The average molecular weight is 398 g/mol. The highest BCUT2D eigenvalue weighted by atomic mass is 19.1. The van der Waals surface area contributed by atoms with Gasteiger partial charge in [0.05, 0.1) is 22.5 Å². The molecule has 3 N–H and O–H groups in total. The molecule has 2 atom stereocenters. The number of imide groups is 1. The van der Waals surface area contributed by atoms with Gasteiger partial charge in [0.15, 0.2) is 0 Å². The average Bonchev–Trinajstić information content (AvgIpc) is 3.00. The van der Waals surface area contributed by atoms with Crippen LogP contribution in [0.25, 0.3) is 0 Å². The number of rotatable bonds is 3. The summed E-state index contributed by atoms with van der Waals surface area (Å²) < 4.78 is 27.0.